The fraction of sp³-hybridized carbons (Fsp3) is 0.333. The minimum atomic E-state index is -0.465. The SMILES string of the molecule is CC(O)CCC(=O)Nc1ccc(-n2cnnn2)cc1. The maximum Gasteiger partial charge on any atom is 0.224 e. The molecule has 0 saturated heterocycles. The lowest BCUT2D eigenvalue weighted by atomic mass is 10.2. The molecule has 7 nitrogen and oxygen atoms in total. The molecule has 7 heteroatoms. The van der Waals surface area contributed by atoms with Crippen LogP contribution < -0.4 is 5.32 Å². The van der Waals surface area contributed by atoms with Crippen molar-refractivity contribution >= 4 is 11.6 Å². The summed E-state index contributed by atoms with van der Waals surface area (Å²) in [4.78, 5) is 11.6. The van der Waals surface area contributed by atoms with Crippen molar-refractivity contribution in [2.24, 2.45) is 0 Å². The largest absolute Gasteiger partial charge is 0.393 e. The van der Waals surface area contributed by atoms with E-state index in [0.29, 0.717) is 18.5 Å². The zero-order valence-electron chi connectivity index (χ0n) is 10.5. The van der Waals surface area contributed by atoms with E-state index >= 15 is 0 Å². The van der Waals surface area contributed by atoms with Gasteiger partial charge < -0.3 is 10.4 Å². The molecule has 100 valence electrons. The number of nitrogens with one attached hydrogen (secondary N) is 1. The third kappa shape index (κ3) is 3.85. The van der Waals surface area contributed by atoms with E-state index in [4.69, 9.17) is 5.11 Å². The van der Waals surface area contributed by atoms with Crippen molar-refractivity contribution in [3.63, 3.8) is 0 Å². The fourth-order valence-corrected chi connectivity index (χ4v) is 1.54. The summed E-state index contributed by atoms with van der Waals surface area (Å²) in [7, 11) is 0. The van der Waals surface area contributed by atoms with Crippen molar-refractivity contribution in [2.75, 3.05) is 5.32 Å². The molecule has 19 heavy (non-hydrogen) atoms. The lowest BCUT2D eigenvalue weighted by molar-refractivity contribution is -0.116. The van der Waals surface area contributed by atoms with Crippen molar-refractivity contribution in [3.8, 4) is 5.69 Å². The van der Waals surface area contributed by atoms with E-state index in [1.165, 1.54) is 11.0 Å². The molecule has 0 spiro atoms. The monoisotopic (exact) mass is 261 g/mol. The van der Waals surface area contributed by atoms with E-state index in [9.17, 15) is 4.79 Å². The number of anilines is 1. The van der Waals surface area contributed by atoms with Gasteiger partial charge in [0.25, 0.3) is 0 Å². The second kappa shape index (κ2) is 6.05. The molecule has 1 aromatic carbocycles. The third-order valence-corrected chi connectivity index (χ3v) is 2.55. The molecule has 0 aliphatic carbocycles. The standard InChI is InChI=1S/C12H15N5O2/c1-9(18)2-7-12(19)14-10-3-5-11(6-4-10)17-8-13-15-16-17/h3-6,8-9,18H,2,7H2,1H3,(H,14,19). The van der Waals surface area contributed by atoms with Gasteiger partial charge >= 0.3 is 0 Å². The highest BCUT2D eigenvalue weighted by molar-refractivity contribution is 5.90. The first-order chi connectivity index (χ1) is 9.15. The summed E-state index contributed by atoms with van der Waals surface area (Å²) in [5.41, 5.74) is 1.51. The van der Waals surface area contributed by atoms with Crippen LogP contribution in [0.25, 0.3) is 5.69 Å². The van der Waals surface area contributed by atoms with E-state index in [0.717, 1.165) is 5.69 Å². The van der Waals surface area contributed by atoms with E-state index < -0.39 is 6.10 Å². The molecule has 1 amide bonds. The fourth-order valence-electron chi connectivity index (χ4n) is 1.54. The summed E-state index contributed by atoms with van der Waals surface area (Å²) >= 11 is 0. The summed E-state index contributed by atoms with van der Waals surface area (Å²) in [6, 6.07) is 7.16. The molecule has 1 heterocycles. The predicted molar refractivity (Wildman–Crippen MR) is 68.7 cm³/mol. The minimum Gasteiger partial charge on any atom is -0.393 e. The molecule has 1 aromatic heterocycles. The molecule has 1 unspecified atom stereocenters. The molecule has 0 aliphatic heterocycles. The number of aliphatic hydroxyl groups is 1. The van der Waals surface area contributed by atoms with Crippen LogP contribution in [0.5, 0.6) is 0 Å². The van der Waals surface area contributed by atoms with Crippen molar-refractivity contribution in [3.05, 3.63) is 30.6 Å². The van der Waals surface area contributed by atoms with Crippen molar-refractivity contribution < 1.29 is 9.90 Å². The molecule has 2 N–H and O–H groups in total. The normalized spacial score (nSPS) is 12.1. The summed E-state index contributed by atoms with van der Waals surface area (Å²) in [5.74, 6) is -0.115. The van der Waals surface area contributed by atoms with Crippen molar-refractivity contribution in [1.82, 2.24) is 20.2 Å². The Morgan fingerprint density at radius 1 is 1.42 bits per heavy atom. The predicted octanol–water partition coefficient (Wildman–Crippen LogP) is 0.762. The van der Waals surface area contributed by atoms with E-state index in [1.54, 1.807) is 31.2 Å². The number of aliphatic hydroxyl groups excluding tert-OH is 1. The van der Waals surface area contributed by atoms with Gasteiger partial charge in [0.05, 0.1) is 11.8 Å². The molecule has 0 radical (unpaired) electrons. The molecule has 1 atom stereocenters. The van der Waals surface area contributed by atoms with E-state index in [2.05, 4.69) is 20.8 Å². The highest BCUT2D eigenvalue weighted by atomic mass is 16.3. The molecule has 0 bridgehead atoms. The van der Waals surface area contributed by atoms with Gasteiger partial charge in [0.2, 0.25) is 5.91 Å². The van der Waals surface area contributed by atoms with Crippen LogP contribution in [0.2, 0.25) is 0 Å². The molecule has 2 aromatic rings. The number of hydrogen-bond donors (Lipinski definition) is 2. The Balaban J connectivity index is 1.94. The Morgan fingerprint density at radius 3 is 2.74 bits per heavy atom. The van der Waals surface area contributed by atoms with Gasteiger partial charge in [-0.25, -0.2) is 4.68 Å². The van der Waals surface area contributed by atoms with Gasteiger partial charge in [-0.3, -0.25) is 4.79 Å². The first kappa shape index (κ1) is 13.2. The van der Waals surface area contributed by atoms with Crippen LogP contribution in [0.4, 0.5) is 5.69 Å². The number of nitrogens with zero attached hydrogens (tertiary/aromatic N) is 4. The van der Waals surface area contributed by atoms with Crippen LogP contribution in [0, 0.1) is 0 Å². The lowest BCUT2D eigenvalue weighted by Crippen LogP contribution is -2.14. The maximum atomic E-state index is 11.6. The Kier molecular flexibility index (Phi) is 4.19. The van der Waals surface area contributed by atoms with Gasteiger partial charge in [-0.15, -0.1) is 5.10 Å². The number of hydrogen-bond acceptors (Lipinski definition) is 5. The van der Waals surface area contributed by atoms with Crippen molar-refractivity contribution in [1.29, 1.82) is 0 Å². The number of aromatic nitrogens is 4. The first-order valence-electron chi connectivity index (χ1n) is 5.96. The number of benzene rings is 1. The summed E-state index contributed by atoms with van der Waals surface area (Å²) in [5, 5.41) is 22.7. The Hall–Kier alpha value is -2.28. The summed E-state index contributed by atoms with van der Waals surface area (Å²) in [6.07, 6.45) is 1.78. The highest BCUT2D eigenvalue weighted by Gasteiger charge is 2.05. The van der Waals surface area contributed by atoms with Crippen molar-refractivity contribution in [2.45, 2.75) is 25.9 Å². The van der Waals surface area contributed by atoms with Gasteiger partial charge in [0.15, 0.2) is 0 Å². The van der Waals surface area contributed by atoms with Crippen LogP contribution in [0.1, 0.15) is 19.8 Å². The Labute approximate surface area is 110 Å². The van der Waals surface area contributed by atoms with Gasteiger partial charge in [0, 0.05) is 12.1 Å². The molecule has 0 aliphatic rings. The van der Waals surface area contributed by atoms with Gasteiger partial charge in [0.1, 0.15) is 6.33 Å². The van der Waals surface area contributed by atoms with Gasteiger partial charge in [-0.1, -0.05) is 0 Å². The topological polar surface area (TPSA) is 92.9 Å². The Morgan fingerprint density at radius 2 is 2.16 bits per heavy atom. The minimum absolute atomic E-state index is 0.115. The highest BCUT2D eigenvalue weighted by Crippen LogP contribution is 2.12. The smallest absolute Gasteiger partial charge is 0.224 e. The number of rotatable bonds is 5. The number of carbonyl (C=O) groups excluding carboxylic acids is 1. The number of tetrazole rings is 1. The molecular weight excluding hydrogens is 246 g/mol. The van der Waals surface area contributed by atoms with Crippen LogP contribution in [-0.2, 0) is 4.79 Å². The number of amides is 1. The molecule has 0 fully saturated rings. The van der Waals surface area contributed by atoms with E-state index in [1.807, 2.05) is 0 Å². The second-order valence-electron chi connectivity index (χ2n) is 4.24. The summed E-state index contributed by atoms with van der Waals surface area (Å²) < 4.78 is 1.53. The molecule has 2 rings (SSSR count). The number of carbonyl (C=O) groups is 1. The first-order valence-corrected chi connectivity index (χ1v) is 5.96. The van der Waals surface area contributed by atoms with E-state index in [-0.39, 0.29) is 5.91 Å². The molecular formula is C12H15N5O2. The average molecular weight is 261 g/mol. The zero-order valence-corrected chi connectivity index (χ0v) is 10.5. The van der Waals surface area contributed by atoms with Crippen LogP contribution in [-0.4, -0.2) is 37.3 Å². The molecule has 0 saturated carbocycles. The third-order valence-electron chi connectivity index (χ3n) is 2.55. The van der Waals surface area contributed by atoms with Crippen LogP contribution in [0.15, 0.2) is 30.6 Å². The lowest BCUT2D eigenvalue weighted by Gasteiger charge is -2.07. The maximum absolute atomic E-state index is 11.6. The van der Waals surface area contributed by atoms with Crippen LogP contribution >= 0.6 is 0 Å². The Bertz CT molecular complexity index is 522. The quantitative estimate of drug-likeness (QED) is 0.829. The van der Waals surface area contributed by atoms with Crippen LogP contribution in [0.3, 0.4) is 0 Å². The van der Waals surface area contributed by atoms with Gasteiger partial charge in [-0.2, -0.15) is 0 Å². The zero-order chi connectivity index (χ0) is 13.7. The summed E-state index contributed by atoms with van der Waals surface area (Å²) in [6.45, 7) is 1.66. The van der Waals surface area contributed by atoms with Gasteiger partial charge in [-0.05, 0) is 48.0 Å². The average Bonchev–Trinajstić information content (AvgIpc) is 2.91. The second-order valence-corrected chi connectivity index (χ2v) is 4.24.